The van der Waals surface area contributed by atoms with E-state index in [1.54, 1.807) is 44.6 Å². The number of ether oxygens (including phenoxy) is 3. The lowest BCUT2D eigenvalue weighted by Crippen LogP contribution is -2.39. The fourth-order valence-corrected chi connectivity index (χ4v) is 5.11. The highest BCUT2D eigenvalue weighted by molar-refractivity contribution is 7.89. The summed E-state index contributed by atoms with van der Waals surface area (Å²) in [5, 5.41) is -0.913. The zero-order chi connectivity index (χ0) is 23.6. The van der Waals surface area contributed by atoms with Gasteiger partial charge in [-0.2, -0.15) is 4.31 Å². The number of allylic oxidation sites excluding steroid dienone is 1. The summed E-state index contributed by atoms with van der Waals surface area (Å²) in [5.41, 5.74) is 1.62. The van der Waals surface area contributed by atoms with Gasteiger partial charge in [-0.25, -0.2) is 8.42 Å². The van der Waals surface area contributed by atoms with Gasteiger partial charge in [0.2, 0.25) is 10.0 Å². The normalized spacial score (nSPS) is 12.2. The minimum atomic E-state index is -3.85. The van der Waals surface area contributed by atoms with Crippen LogP contribution in [0, 0.1) is 0 Å². The Balaban J connectivity index is 2.39. The lowest BCUT2D eigenvalue weighted by molar-refractivity contribution is -0.140. The molecule has 174 valence electrons. The summed E-state index contributed by atoms with van der Waals surface area (Å²) in [4.78, 5) is 12.0. The van der Waals surface area contributed by atoms with Crippen molar-refractivity contribution in [3.63, 3.8) is 0 Å². The molecule has 0 spiro atoms. The second kappa shape index (κ2) is 12.3. The molecule has 2 aromatic carbocycles. The molecule has 7 nitrogen and oxygen atoms in total. The van der Waals surface area contributed by atoms with Gasteiger partial charge in [-0.3, -0.25) is 4.79 Å². The maximum atomic E-state index is 13.7. The molecule has 0 aliphatic heterocycles. The Morgan fingerprint density at radius 3 is 1.78 bits per heavy atom. The first-order chi connectivity index (χ1) is 15.3. The van der Waals surface area contributed by atoms with Crippen molar-refractivity contribution in [3.8, 4) is 11.5 Å². The number of sulfonamides is 1. The zero-order valence-electron chi connectivity index (χ0n) is 18.8. The van der Waals surface area contributed by atoms with E-state index in [9.17, 15) is 13.2 Å². The maximum absolute atomic E-state index is 13.7. The smallest absolute Gasteiger partial charge is 0.306 e. The number of esters is 1. The van der Waals surface area contributed by atoms with Crippen LogP contribution in [-0.2, 0) is 32.6 Å². The number of benzene rings is 2. The number of methoxy groups -OCH3 is 3. The number of rotatable bonds is 13. The molecule has 32 heavy (non-hydrogen) atoms. The van der Waals surface area contributed by atoms with Gasteiger partial charge in [0, 0.05) is 13.1 Å². The summed E-state index contributed by atoms with van der Waals surface area (Å²) in [6.45, 7) is 3.99. The SMILES string of the molecule is C=CCC[C@H](CC(=O)OC)S(=O)(=O)N(Cc1ccc(OC)cc1)Cc1ccc(OC)cc1. The molecule has 0 N–H and O–H groups in total. The first-order valence-electron chi connectivity index (χ1n) is 10.3. The van der Waals surface area contributed by atoms with Crippen LogP contribution in [0.5, 0.6) is 11.5 Å². The van der Waals surface area contributed by atoms with Crippen molar-refractivity contribution in [2.45, 2.75) is 37.6 Å². The van der Waals surface area contributed by atoms with E-state index in [-0.39, 0.29) is 25.9 Å². The summed E-state index contributed by atoms with van der Waals surface area (Å²) >= 11 is 0. The largest absolute Gasteiger partial charge is 0.497 e. The number of carbonyl (C=O) groups is 1. The molecule has 2 rings (SSSR count). The highest BCUT2D eigenvalue weighted by atomic mass is 32.2. The van der Waals surface area contributed by atoms with E-state index in [1.807, 2.05) is 24.3 Å². The van der Waals surface area contributed by atoms with Crippen molar-refractivity contribution >= 4 is 16.0 Å². The Labute approximate surface area is 190 Å². The predicted octanol–water partition coefficient (Wildman–Crippen LogP) is 3.93. The van der Waals surface area contributed by atoms with Crippen LogP contribution in [-0.4, -0.2) is 45.3 Å². The topological polar surface area (TPSA) is 82.1 Å². The molecule has 0 aliphatic carbocycles. The van der Waals surface area contributed by atoms with E-state index in [2.05, 4.69) is 6.58 Å². The Morgan fingerprint density at radius 1 is 0.938 bits per heavy atom. The molecule has 0 saturated carbocycles. The molecular formula is C24H31NO6S. The summed E-state index contributed by atoms with van der Waals surface area (Å²) in [7, 11) is 0.562. The molecule has 0 aliphatic rings. The van der Waals surface area contributed by atoms with Crippen molar-refractivity contribution in [1.29, 1.82) is 0 Å². The van der Waals surface area contributed by atoms with E-state index in [0.29, 0.717) is 17.9 Å². The molecule has 0 saturated heterocycles. The van der Waals surface area contributed by atoms with Crippen LogP contribution >= 0.6 is 0 Å². The van der Waals surface area contributed by atoms with E-state index >= 15 is 0 Å². The van der Waals surface area contributed by atoms with Crippen LogP contribution in [0.1, 0.15) is 30.4 Å². The van der Waals surface area contributed by atoms with Gasteiger partial charge in [0.15, 0.2) is 0 Å². The van der Waals surface area contributed by atoms with E-state index in [0.717, 1.165) is 11.1 Å². The average molecular weight is 462 g/mol. The summed E-state index contributed by atoms with van der Waals surface area (Å²) < 4.78 is 43.9. The van der Waals surface area contributed by atoms with Crippen LogP contribution in [0.15, 0.2) is 61.2 Å². The van der Waals surface area contributed by atoms with Gasteiger partial charge >= 0.3 is 5.97 Å². The van der Waals surface area contributed by atoms with E-state index in [4.69, 9.17) is 14.2 Å². The van der Waals surface area contributed by atoms with Crippen LogP contribution in [0.3, 0.4) is 0 Å². The minimum Gasteiger partial charge on any atom is -0.497 e. The first-order valence-corrected chi connectivity index (χ1v) is 11.8. The zero-order valence-corrected chi connectivity index (χ0v) is 19.6. The third kappa shape index (κ3) is 7.10. The van der Waals surface area contributed by atoms with Gasteiger partial charge in [0.05, 0.1) is 33.0 Å². The van der Waals surface area contributed by atoms with Crippen molar-refractivity contribution in [2.75, 3.05) is 21.3 Å². The van der Waals surface area contributed by atoms with Crippen molar-refractivity contribution < 1.29 is 27.4 Å². The lowest BCUT2D eigenvalue weighted by atomic mass is 10.2. The quantitative estimate of drug-likeness (QED) is 0.332. The van der Waals surface area contributed by atoms with Crippen LogP contribution in [0.25, 0.3) is 0 Å². The third-order valence-electron chi connectivity index (χ3n) is 5.13. The first kappa shape index (κ1) is 25.4. The fourth-order valence-electron chi connectivity index (χ4n) is 3.25. The number of carbonyl (C=O) groups excluding carboxylic acids is 1. The standard InChI is InChI=1S/C24H31NO6S/c1-5-6-7-23(16-24(26)31-4)32(27,28)25(17-19-8-12-21(29-2)13-9-19)18-20-10-14-22(30-3)15-11-20/h5,8-15,23H,1,6-7,16-18H2,2-4H3/t23-/m1/s1. The second-order valence-corrected chi connectivity index (χ2v) is 9.49. The van der Waals surface area contributed by atoms with Crippen molar-refractivity contribution in [2.24, 2.45) is 0 Å². The van der Waals surface area contributed by atoms with Crippen molar-refractivity contribution in [3.05, 3.63) is 72.3 Å². The highest BCUT2D eigenvalue weighted by Crippen LogP contribution is 2.24. The summed E-state index contributed by atoms with van der Waals surface area (Å²) in [6.07, 6.45) is 2.19. The Hall–Kier alpha value is -2.84. The molecular weight excluding hydrogens is 430 g/mol. The highest BCUT2D eigenvalue weighted by Gasteiger charge is 2.34. The molecule has 0 fully saturated rings. The predicted molar refractivity (Wildman–Crippen MR) is 124 cm³/mol. The molecule has 2 aromatic rings. The molecule has 1 atom stereocenters. The second-order valence-electron chi connectivity index (χ2n) is 7.28. The number of nitrogens with zero attached hydrogens (tertiary/aromatic N) is 1. The molecule has 0 bridgehead atoms. The lowest BCUT2D eigenvalue weighted by Gasteiger charge is -2.27. The van der Waals surface area contributed by atoms with Crippen LogP contribution < -0.4 is 9.47 Å². The van der Waals surface area contributed by atoms with Gasteiger partial charge in [-0.05, 0) is 48.2 Å². The van der Waals surface area contributed by atoms with Crippen LogP contribution in [0.2, 0.25) is 0 Å². The van der Waals surface area contributed by atoms with Gasteiger partial charge in [0.1, 0.15) is 11.5 Å². The molecule has 0 aromatic heterocycles. The Bertz CT molecular complexity index is 921. The molecule has 0 radical (unpaired) electrons. The van der Waals surface area contributed by atoms with Gasteiger partial charge in [-0.15, -0.1) is 6.58 Å². The van der Waals surface area contributed by atoms with Gasteiger partial charge < -0.3 is 14.2 Å². The average Bonchev–Trinajstić information content (AvgIpc) is 2.81. The van der Waals surface area contributed by atoms with Crippen LogP contribution in [0.4, 0.5) is 0 Å². The monoisotopic (exact) mass is 461 g/mol. The molecule has 0 amide bonds. The Morgan fingerprint density at radius 2 is 1.41 bits per heavy atom. The number of hydrogen-bond donors (Lipinski definition) is 0. The fraction of sp³-hybridized carbons (Fsp3) is 0.375. The molecule has 0 unspecified atom stereocenters. The third-order valence-corrected chi connectivity index (χ3v) is 7.35. The van der Waals surface area contributed by atoms with Crippen molar-refractivity contribution in [1.82, 2.24) is 4.31 Å². The minimum absolute atomic E-state index is 0.157. The summed E-state index contributed by atoms with van der Waals surface area (Å²) in [5.74, 6) is 0.817. The van der Waals surface area contributed by atoms with E-state index in [1.165, 1.54) is 11.4 Å². The molecule has 0 heterocycles. The van der Waals surface area contributed by atoms with Gasteiger partial charge in [0.25, 0.3) is 0 Å². The molecule has 8 heteroatoms. The van der Waals surface area contributed by atoms with E-state index < -0.39 is 21.2 Å². The summed E-state index contributed by atoms with van der Waals surface area (Å²) in [6, 6.07) is 14.5. The Kier molecular flexibility index (Phi) is 9.74. The number of hydrogen-bond acceptors (Lipinski definition) is 6. The maximum Gasteiger partial charge on any atom is 0.306 e. The van der Waals surface area contributed by atoms with Gasteiger partial charge in [-0.1, -0.05) is 30.3 Å².